The summed E-state index contributed by atoms with van der Waals surface area (Å²) in [5.41, 5.74) is 9.40. The van der Waals surface area contributed by atoms with Gasteiger partial charge in [-0.25, -0.2) is 0 Å². The van der Waals surface area contributed by atoms with E-state index in [4.69, 9.17) is 28.9 Å². The van der Waals surface area contributed by atoms with Gasteiger partial charge in [-0.3, -0.25) is 4.79 Å². The lowest BCUT2D eigenvalue weighted by Gasteiger charge is -2.13. The molecule has 0 radical (unpaired) electrons. The Morgan fingerprint density at radius 3 is 2.30 bits per heavy atom. The largest absolute Gasteiger partial charge is 0.398 e. The molecule has 2 aromatic carbocycles. The summed E-state index contributed by atoms with van der Waals surface area (Å²) in [7, 11) is 0. The van der Waals surface area contributed by atoms with Crippen LogP contribution in [0, 0.1) is 13.8 Å². The van der Waals surface area contributed by atoms with Gasteiger partial charge in [-0.15, -0.1) is 0 Å². The van der Waals surface area contributed by atoms with Crippen molar-refractivity contribution in [2.45, 2.75) is 13.8 Å². The van der Waals surface area contributed by atoms with Gasteiger partial charge in [-0.05, 0) is 49.2 Å². The Morgan fingerprint density at radius 2 is 1.70 bits per heavy atom. The molecule has 0 spiro atoms. The number of carbonyl (C=O) groups excluding carboxylic acids is 1. The number of nitrogen functional groups attached to an aromatic ring is 1. The van der Waals surface area contributed by atoms with Crippen molar-refractivity contribution < 1.29 is 4.79 Å². The molecule has 5 heteroatoms. The molecule has 0 atom stereocenters. The van der Waals surface area contributed by atoms with E-state index >= 15 is 0 Å². The summed E-state index contributed by atoms with van der Waals surface area (Å²) in [4.78, 5) is 12.3. The molecular weight excluding hydrogens is 295 g/mol. The molecule has 0 aliphatic carbocycles. The predicted molar refractivity (Wildman–Crippen MR) is 84.7 cm³/mol. The zero-order valence-electron chi connectivity index (χ0n) is 11.1. The average molecular weight is 309 g/mol. The Hall–Kier alpha value is -1.71. The van der Waals surface area contributed by atoms with Crippen molar-refractivity contribution in [1.29, 1.82) is 0 Å². The lowest BCUT2D eigenvalue weighted by molar-refractivity contribution is 0.102. The molecule has 0 bridgehead atoms. The minimum absolute atomic E-state index is 0.272. The third-order valence-electron chi connectivity index (χ3n) is 3.08. The molecule has 0 saturated carbocycles. The lowest BCUT2D eigenvalue weighted by Crippen LogP contribution is -2.14. The maximum Gasteiger partial charge on any atom is 0.255 e. The van der Waals surface area contributed by atoms with Crippen molar-refractivity contribution in [2.24, 2.45) is 0 Å². The predicted octanol–water partition coefficient (Wildman–Crippen LogP) is 4.44. The van der Waals surface area contributed by atoms with E-state index < -0.39 is 0 Å². The van der Waals surface area contributed by atoms with E-state index in [1.165, 1.54) is 0 Å². The third kappa shape index (κ3) is 3.06. The molecule has 0 aliphatic rings. The number of hydrogen-bond donors (Lipinski definition) is 2. The van der Waals surface area contributed by atoms with Crippen LogP contribution in [-0.4, -0.2) is 5.91 Å². The number of hydrogen-bond acceptors (Lipinski definition) is 2. The third-order valence-corrected chi connectivity index (χ3v) is 3.51. The van der Waals surface area contributed by atoms with Gasteiger partial charge in [-0.1, -0.05) is 29.3 Å². The smallest absolute Gasteiger partial charge is 0.255 e. The van der Waals surface area contributed by atoms with Gasteiger partial charge in [0.15, 0.2) is 0 Å². The summed E-state index contributed by atoms with van der Waals surface area (Å²) in [6.45, 7) is 3.77. The number of amides is 1. The molecular formula is C15H14Cl2N2O. The van der Waals surface area contributed by atoms with Gasteiger partial charge in [0.25, 0.3) is 5.91 Å². The van der Waals surface area contributed by atoms with Crippen molar-refractivity contribution in [3.63, 3.8) is 0 Å². The SMILES string of the molecule is Cc1ccc(N)c(C)c1NC(=O)c1cc(Cl)cc(Cl)c1. The molecule has 0 saturated heterocycles. The molecule has 104 valence electrons. The molecule has 0 unspecified atom stereocenters. The topological polar surface area (TPSA) is 55.1 Å². The average Bonchev–Trinajstić information content (AvgIpc) is 2.38. The summed E-state index contributed by atoms with van der Waals surface area (Å²) in [6, 6.07) is 8.40. The first-order valence-electron chi connectivity index (χ1n) is 6.01. The van der Waals surface area contributed by atoms with E-state index in [1.807, 2.05) is 26.0 Å². The maximum atomic E-state index is 12.3. The number of benzene rings is 2. The van der Waals surface area contributed by atoms with Crippen LogP contribution in [0.3, 0.4) is 0 Å². The Kier molecular flexibility index (Phi) is 4.21. The van der Waals surface area contributed by atoms with Crippen molar-refractivity contribution in [3.05, 3.63) is 57.1 Å². The fraction of sp³-hybridized carbons (Fsp3) is 0.133. The zero-order valence-corrected chi connectivity index (χ0v) is 12.6. The summed E-state index contributed by atoms with van der Waals surface area (Å²) in [5.74, 6) is -0.272. The number of carbonyl (C=O) groups is 1. The molecule has 3 nitrogen and oxygen atoms in total. The first-order valence-corrected chi connectivity index (χ1v) is 6.77. The highest BCUT2D eigenvalue weighted by molar-refractivity contribution is 6.35. The van der Waals surface area contributed by atoms with Crippen molar-refractivity contribution in [1.82, 2.24) is 0 Å². The van der Waals surface area contributed by atoms with Crippen LogP contribution in [0.1, 0.15) is 21.5 Å². The molecule has 0 aliphatic heterocycles. The summed E-state index contributed by atoms with van der Waals surface area (Å²) >= 11 is 11.8. The van der Waals surface area contributed by atoms with Crippen LogP contribution in [0.25, 0.3) is 0 Å². The zero-order chi connectivity index (χ0) is 14.9. The van der Waals surface area contributed by atoms with Crippen LogP contribution in [0.5, 0.6) is 0 Å². The minimum Gasteiger partial charge on any atom is -0.398 e. The van der Waals surface area contributed by atoms with Crippen LogP contribution >= 0.6 is 23.2 Å². The van der Waals surface area contributed by atoms with E-state index in [0.717, 1.165) is 11.1 Å². The highest BCUT2D eigenvalue weighted by Crippen LogP contribution is 2.26. The van der Waals surface area contributed by atoms with Crippen LogP contribution in [0.2, 0.25) is 10.0 Å². The summed E-state index contributed by atoms with van der Waals surface area (Å²) < 4.78 is 0. The number of aryl methyl sites for hydroxylation is 1. The second-order valence-electron chi connectivity index (χ2n) is 4.58. The van der Waals surface area contributed by atoms with Gasteiger partial charge in [-0.2, -0.15) is 0 Å². The van der Waals surface area contributed by atoms with Crippen LogP contribution in [0.15, 0.2) is 30.3 Å². The second kappa shape index (κ2) is 5.73. The Labute approximate surface area is 127 Å². The lowest BCUT2D eigenvalue weighted by atomic mass is 10.1. The Bertz CT molecular complexity index is 664. The molecule has 0 fully saturated rings. The van der Waals surface area contributed by atoms with Crippen LogP contribution < -0.4 is 11.1 Å². The molecule has 2 rings (SSSR count). The quantitative estimate of drug-likeness (QED) is 0.806. The second-order valence-corrected chi connectivity index (χ2v) is 5.46. The molecule has 20 heavy (non-hydrogen) atoms. The fourth-order valence-electron chi connectivity index (χ4n) is 1.93. The van der Waals surface area contributed by atoms with Gasteiger partial charge in [0.05, 0.1) is 0 Å². The van der Waals surface area contributed by atoms with Crippen molar-refractivity contribution >= 4 is 40.5 Å². The van der Waals surface area contributed by atoms with Crippen molar-refractivity contribution in [2.75, 3.05) is 11.1 Å². The first-order chi connectivity index (χ1) is 9.38. The first kappa shape index (κ1) is 14.7. The number of nitrogens with two attached hydrogens (primary N) is 1. The van der Waals surface area contributed by atoms with Crippen molar-refractivity contribution in [3.8, 4) is 0 Å². The van der Waals surface area contributed by atoms with E-state index in [2.05, 4.69) is 5.32 Å². The maximum absolute atomic E-state index is 12.3. The standard InChI is InChI=1S/C15H14Cl2N2O/c1-8-3-4-13(18)9(2)14(8)19-15(20)10-5-11(16)7-12(17)6-10/h3-7H,18H2,1-2H3,(H,19,20). The van der Waals surface area contributed by atoms with Crippen LogP contribution in [0.4, 0.5) is 11.4 Å². The van der Waals surface area contributed by atoms with E-state index in [-0.39, 0.29) is 5.91 Å². The van der Waals surface area contributed by atoms with Gasteiger partial charge < -0.3 is 11.1 Å². The molecule has 3 N–H and O–H groups in total. The van der Waals surface area contributed by atoms with Crippen LogP contribution in [-0.2, 0) is 0 Å². The monoisotopic (exact) mass is 308 g/mol. The van der Waals surface area contributed by atoms with Gasteiger partial charge in [0.2, 0.25) is 0 Å². The Balaban J connectivity index is 2.35. The number of anilines is 2. The highest BCUT2D eigenvalue weighted by Gasteiger charge is 2.12. The van der Waals surface area contributed by atoms with Gasteiger partial charge >= 0.3 is 0 Å². The van der Waals surface area contributed by atoms with Gasteiger partial charge in [0.1, 0.15) is 0 Å². The normalized spacial score (nSPS) is 10.4. The van der Waals surface area contributed by atoms with E-state index in [1.54, 1.807) is 18.2 Å². The molecule has 1 amide bonds. The number of halogens is 2. The Morgan fingerprint density at radius 1 is 1.10 bits per heavy atom. The summed E-state index contributed by atoms with van der Waals surface area (Å²) in [6.07, 6.45) is 0. The van der Waals surface area contributed by atoms with Gasteiger partial charge in [0, 0.05) is 27.0 Å². The molecule has 0 heterocycles. The number of rotatable bonds is 2. The number of nitrogens with one attached hydrogen (secondary N) is 1. The molecule has 0 aromatic heterocycles. The highest BCUT2D eigenvalue weighted by atomic mass is 35.5. The van der Waals surface area contributed by atoms with E-state index in [0.29, 0.717) is 27.0 Å². The van der Waals surface area contributed by atoms with E-state index in [9.17, 15) is 4.79 Å². The summed E-state index contributed by atoms with van der Waals surface area (Å²) in [5, 5.41) is 3.69. The minimum atomic E-state index is -0.272. The fourth-order valence-corrected chi connectivity index (χ4v) is 2.45. The molecule has 2 aromatic rings.